The number of phenols is 1. The minimum Gasteiger partial charge on any atom is -0.508 e. The zero-order chi connectivity index (χ0) is 24.4. The molecule has 0 aromatic heterocycles. The Hall–Kier alpha value is -3.46. The van der Waals surface area contributed by atoms with Gasteiger partial charge in [0.15, 0.2) is 0 Å². The predicted molar refractivity (Wildman–Crippen MR) is 123 cm³/mol. The summed E-state index contributed by atoms with van der Waals surface area (Å²) in [5.74, 6) is -1.25. The van der Waals surface area contributed by atoms with E-state index in [1.807, 2.05) is 0 Å². The van der Waals surface area contributed by atoms with Crippen molar-refractivity contribution in [1.82, 2.24) is 14.7 Å². The zero-order valence-electron chi connectivity index (χ0n) is 19.3. The molecule has 2 aliphatic heterocycles. The minimum atomic E-state index is -0.609. The molecule has 1 atom stereocenters. The SMILES string of the molecule is CN(CC(=O)N1CC[NH+](C)CC1)C(=O)N1CC(c2cc(F)ccc2F)=CC1c1cccc(O)c1. The monoisotopic (exact) mass is 471 g/mol. The number of piperazine rings is 1. The van der Waals surface area contributed by atoms with Crippen LogP contribution >= 0.6 is 0 Å². The van der Waals surface area contributed by atoms with Crippen molar-refractivity contribution in [3.63, 3.8) is 0 Å². The average molecular weight is 472 g/mol. The van der Waals surface area contributed by atoms with Gasteiger partial charge in [0.1, 0.15) is 23.9 Å². The van der Waals surface area contributed by atoms with Crippen LogP contribution in [0.5, 0.6) is 5.75 Å². The van der Waals surface area contributed by atoms with Crippen LogP contribution in [0.15, 0.2) is 48.5 Å². The van der Waals surface area contributed by atoms with Crippen molar-refractivity contribution in [2.45, 2.75) is 6.04 Å². The Kier molecular flexibility index (Phi) is 6.83. The molecule has 1 unspecified atom stereocenters. The first kappa shape index (κ1) is 23.7. The third-order valence-electron chi connectivity index (χ3n) is 6.44. The number of aromatic hydroxyl groups is 1. The van der Waals surface area contributed by atoms with Gasteiger partial charge in [-0.25, -0.2) is 13.6 Å². The summed E-state index contributed by atoms with van der Waals surface area (Å²) in [4.78, 5) is 32.2. The number of hydrogen-bond acceptors (Lipinski definition) is 3. The highest BCUT2D eigenvalue weighted by atomic mass is 19.1. The number of phenolic OH excluding ortho intramolecular Hbond substituents is 1. The Morgan fingerprint density at radius 3 is 2.59 bits per heavy atom. The normalized spacial score (nSPS) is 18.7. The number of carbonyl (C=O) groups excluding carboxylic acids is 2. The topological polar surface area (TPSA) is 68.5 Å². The van der Waals surface area contributed by atoms with Crippen molar-refractivity contribution in [1.29, 1.82) is 0 Å². The van der Waals surface area contributed by atoms with Gasteiger partial charge in [0.2, 0.25) is 5.91 Å². The molecule has 2 aromatic carbocycles. The van der Waals surface area contributed by atoms with Crippen LogP contribution < -0.4 is 4.90 Å². The number of halogens is 2. The second-order valence-corrected chi connectivity index (χ2v) is 8.96. The van der Waals surface area contributed by atoms with Crippen LogP contribution in [0.2, 0.25) is 0 Å². The average Bonchev–Trinajstić information content (AvgIpc) is 3.25. The highest BCUT2D eigenvalue weighted by Crippen LogP contribution is 2.37. The van der Waals surface area contributed by atoms with E-state index >= 15 is 0 Å². The van der Waals surface area contributed by atoms with Gasteiger partial charge in [-0.2, -0.15) is 0 Å². The number of nitrogens with zero attached hydrogens (tertiary/aromatic N) is 3. The van der Waals surface area contributed by atoms with Crippen LogP contribution in [0, 0.1) is 11.6 Å². The van der Waals surface area contributed by atoms with Crippen molar-refractivity contribution in [2.75, 3.05) is 53.4 Å². The lowest BCUT2D eigenvalue weighted by Crippen LogP contribution is -3.12. The zero-order valence-corrected chi connectivity index (χ0v) is 19.3. The largest absolute Gasteiger partial charge is 0.508 e. The second-order valence-electron chi connectivity index (χ2n) is 8.96. The number of urea groups is 1. The van der Waals surface area contributed by atoms with Gasteiger partial charge in [-0.1, -0.05) is 18.2 Å². The number of amides is 3. The quantitative estimate of drug-likeness (QED) is 0.711. The molecule has 2 aromatic rings. The smallest absolute Gasteiger partial charge is 0.321 e. The number of likely N-dealkylation sites (N-methyl/N-ethyl adjacent to an activating group) is 2. The molecule has 0 aliphatic carbocycles. The number of carbonyl (C=O) groups is 2. The molecule has 3 amide bonds. The van der Waals surface area contributed by atoms with Gasteiger partial charge in [0.25, 0.3) is 0 Å². The molecular formula is C25H29F2N4O3+. The van der Waals surface area contributed by atoms with E-state index in [0.29, 0.717) is 24.2 Å². The lowest BCUT2D eigenvalue weighted by atomic mass is 10.0. The summed E-state index contributed by atoms with van der Waals surface area (Å²) < 4.78 is 28.3. The van der Waals surface area contributed by atoms with E-state index in [1.165, 1.54) is 26.8 Å². The maximum atomic E-state index is 14.5. The molecule has 180 valence electrons. The van der Waals surface area contributed by atoms with Gasteiger partial charge < -0.3 is 24.7 Å². The molecule has 7 nitrogen and oxygen atoms in total. The molecule has 0 spiro atoms. The molecular weight excluding hydrogens is 442 g/mol. The maximum absolute atomic E-state index is 14.5. The molecule has 2 heterocycles. The van der Waals surface area contributed by atoms with Crippen molar-refractivity contribution in [3.8, 4) is 5.75 Å². The highest BCUT2D eigenvalue weighted by Gasteiger charge is 2.34. The van der Waals surface area contributed by atoms with E-state index in [-0.39, 0.29) is 30.3 Å². The molecule has 1 fully saturated rings. The van der Waals surface area contributed by atoms with E-state index in [2.05, 4.69) is 7.05 Å². The summed E-state index contributed by atoms with van der Waals surface area (Å²) in [7, 11) is 3.64. The summed E-state index contributed by atoms with van der Waals surface area (Å²) in [5, 5.41) is 9.96. The fourth-order valence-electron chi connectivity index (χ4n) is 4.43. The first-order chi connectivity index (χ1) is 16.2. The van der Waals surface area contributed by atoms with Gasteiger partial charge in [-0.05, 0) is 41.5 Å². The summed E-state index contributed by atoms with van der Waals surface area (Å²) >= 11 is 0. The Morgan fingerprint density at radius 1 is 1.15 bits per heavy atom. The van der Waals surface area contributed by atoms with Crippen LogP contribution in [0.1, 0.15) is 17.2 Å². The van der Waals surface area contributed by atoms with Gasteiger partial charge in [0, 0.05) is 19.2 Å². The summed E-state index contributed by atoms with van der Waals surface area (Å²) in [6.45, 7) is 2.98. The van der Waals surface area contributed by atoms with Gasteiger partial charge in [-0.3, -0.25) is 4.79 Å². The van der Waals surface area contributed by atoms with Crippen molar-refractivity contribution in [2.24, 2.45) is 0 Å². The van der Waals surface area contributed by atoms with Crippen LogP contribution in [0.25, 0.3) is 5.57 Å². The molecule has 34 heavy (non-hydrogen) atoms. The fraction of sp³-hybridized carbons (Fsp3) is 0.360. The van der Waals surface area contributed by atoms with Gasteiger partial charge in [-0.15, -0.1) is 0 Å². The second kappa shape index (κ2) is 9.80. The molecule has 1 saturated heterocycles. The third kappa shape index (κ3) is 5.04. The standard InChI is InChI=1S/C25H28F2N4O3/c1-28-8-10-30(11-9-28)24(33)16-29(2)25(34)31-15-18(21-14-19(26)6-7-22(21)27)13-23(31)17-4-3-5-20(32)12-17/h3-7,12-14,23,32H,8-11,15-16H2,1-2H3/p+1. The minimum absolute atomic E-state index is 0.0319. The maximum Gasteiger partial charge on any atom is 0.321 e. The van der Waals surface area contributed by atoms with Crippen LogP contribution in [0.3, 0.4) is 0 Å². The highest BCUT2D eigenvalue weighted by molar-refractivity contribution is 5.86. The molecule has 2 N–H and O–H groups in total. The van der Waals surface area contributed by atoms with Gasteiger partial charge in [0.05, 0.1) is 39.3 Å². The number of rotatable bonds is 4. The fourth-order valence-corrected chi connectivity index (χ4v) is 4.43. The number of benzene rings is 2. The van der Waals surface area contributed by atoms with E-state index in [4.69, 9.17) is 0 Å². The van der Waals surface area contributed by atoms with E-state index in [9.17, 15) is 23.5 Å². The molecule has 9 heteroatoms. The predicted octanol–water partition coefficient (Wildman–Crippen LogP) is 1.52. The molecule has 0 saturated carbocycles. The first-order valence-electron chi connectivity index (χ1n) is 11.3. The summed E-state index contributed by atoms with van der Waals surface area (Å²) in [5.41, 5.74) is 1.17. The third-order valence-corrected chi connectivity index (χ3v) is 6.44. The first-order valence-corrected chi connectivity index (χ1v) is 11.3. The van der Waals surface area contributed by atoms with Crippen LogP contribution in [-0.2, 0) is 4.79 Å². The lowest BCUT2D eigenvalue weighted by molar-refractivity contribution is -0.883. The Labute approximate surface area is 197 Å². The Morgan fingerprint density at radius 2 is 1.88 bits per heavy atom. The van der Waals surface area contributed by atoms with E-state index in [0.717, 1.165) is 31.3 Å². The Bertz CT molecular complexity index is 1120. The summed E-state index contributed by atoms with van der Waals surface area (Å²) in [6, 6.07) is 8.65. The Balaban J connectivity index is 1.56. The number of quaternary nitrogens is 1. The molecule has 2 aliphatic rings. The van der Waals surface area contributed by atoms with E-state index < -0.39 is 23.7 Å². The number of nitrogens with one attached hydrogen (secondary N) is 1. The van der Waals surface area contributed by atoms with E-state index in [1.54, 1.807) is 30.2 Å². The molecule has 0 radical (unpaired) electrons. The molecule has 4 rings (SSSR count). The summed E-state index contributed by atoms with van der Waals surface area (Å²) in [6.07, 6.45) is 1.70. The van der Waals surface area contributed by atoms with Crippen LogP contribution in [-0.4, -0.2) is 85.1 Å². The van der Waals surface area contributed by atoms with Crippen molar-refractivity contribution in [3.05, 3.63) is 71.3 Å². The van der Waals surface area contributed by atoms with Crippen LogP contribution in [0.4, 0.5) is 13.6 Å². The lowest BCUT2D eigenvalue weighted by Gasteiger charge is -2.33. The molecule has 0 bridgehead atoms. The van der Waals surface area contributed by atoms with Crippen molar-refractivity contribution < 1.29 is 28.4 Å². The number of hydrogen-bond donors (Lipinski definition) is 2. The van der Waals surface area contributed by atoms with Gasteiger partial charge >= 0.3 is 6.03 Å². The van der Waals surface area contributed by atoms with Crippen molar-refractivity contribution >= 4 is 17.5 Å².